The van der Waals surface area contributed by atoms with Crippen LogP contribution in [0.3, 0.4) is 0 Å². The van der Waals surface area contributed by atoms with E-state index < -0.39 is 0 Å². The molecular formula is C14H12O2. The van der Waals surface area contributed by atoms with Crippen LogP contribution in [0.15, 0.2) is 36.4 Å². The first-order valence-corrected chi connectivity index (χ1v) is 4.95. The van der Waals surface area contributed by atoms with Gasteiger partial charge in [-0.25, -0.2) is 0 Å². The lowest BCUT2D eigenvalue weighted by Crippen LogP contribution is -1.89. The number of hydrogen-bond donors (Lipinski definition) is 0. The molecule has 2 aromatic carbocycles. The summed E-state index contributed by atoms with van der Waals surface area (Å²) in [7, 11) is 3.24. The van der Waals surface area contributed by atoms with Gasteiger partial charge in [0.05, 0.1) is 20.3 Å². The zero-order chi connectivity index (χ0) is 11.4. The van der Waals surface area contributed by atoms with Crippen molar-refractivity contribution in [3.05, 3.63) is 48.5 Å². The zero-order valence-electron chi connectivity index (χ0n) is 9.28. The van der Waals surface area contributed by atoms with Gasteiger partial charge in [-0.2, -0.15) is 0 Å². The molecule has 0 N–H and O–H groups in total. The quantitative estimate of drug-likeness (QED) is 0.778. The molecule has 2 aromatic rings. The normalized spacial score (nSPS) is 9.88. The van der Waals surface area contributed by atoms with E-state index in [-0.39, 0.29) is 0 Å². The zero-order valence-corrected chi connectivity index (χ0v) is 9.28. The minimum atomic E-state index is 0.669. The molecule has 0 amide bonds. The summed E-state index contributed by atoms with van der Waals surface area (Å²) in [6.07, 6.45) is 0. The van der Waals surface area contributed by atoms with Crippen molar-refractivity contribution in [1.82, 2.24) is 0 Å². The maximum absolute atomic E-state index is 5.18. The molecule has 0 bridgehead atoms. The Morgan fingerprint density at radius 1 is 0.875 bits per heavy atom. The van der Waals surface area contributed by atoms with Crippen molar-refractivity contribution >= 4 is 0 Å². The van der Waals surface area contributed by atoms with Gasteiger partial charge in [0.25, 0.3) is 0 Å². The van der Waals surface area contributed by atoms with E-state index in [4.69, 9.17) is 9.47 Å². The van der Waals surface area contributed by atoms with Crippen molar-refractivity contribution in [3.8, 4) is 22.6 Å². The third-order valence-corrected chi connectivity index (χ3v) is 2.31. The summed E-state index contributed by atoms with van der Waals surface area (Å²) in [4.78, 5) is 0. The Morgan fingerprint density at radius 3 is 1.94 bits per heavy atom. The number of hydrogen-bond acceptors (Lipinski definition) is 2. The Morgan fingerprint density at radius 2 is 1.44 bits per heavy atom. The molecule has 0 aliphatic rings. The third kappa shape index (κ3) is 2.16. The SMILES string of the molecule is COc1[c]c(OC)cc(-c2cc[c]cc2)c1. The van der Waals surface area contributed by atoms with Crippen LogP contribution in [-0.4, -0.2) is 14.2 Å². The molecule has 2 radical (unpaired) electrons. The topological polar surface area (TPSA) is 18.5 Å². The van der Waals surface area contributed by atoms with E-state index in [9.17, 15) is 0 Å². The highest BCUT2D eigenvalue weighted by molar-refractivity contribution is 5.66. The van der Waals surface area contributed by atoms with Crippen LogP contribution in [0.5, 0.6) is 11.5 Å². The number of rotatable bonds is 3. The minimum Gasteiger partial charge on any atom is -0.496 e. The summed E-state index contributed by atoms with van der Waals surface area (Å²) in [5, 5.41) is 0. The average Bonchev–Trinajstić information content (AvgIpc) is 2.39. The van der Waals surface area contributed by atoms with Crippen LogP contribution in [0.1, 0.15) is 0 Å². The van der Waals surface area contributed by atoms with Gasteiger partial charge in [0, 0.05) is 0 Å². The van der Waals surface area contributed by atoms with Crippen LogP contribution in [0.25, 0.3) is 11.1 Å². The lowest BCUT2D eigenvalue weighted by atomic mass is 10.1. The number of benzene rings is 2. The lowest BCUT2D eigenvalue weighted by molar-refractivity contribution is 0.393. The highest BCUT2D eigenvalue weighted by Gasteiger charge is 2.03. The van der Waals surface area contributed by atoms with Crippen LogP contribution in [0.2, 0.25) is 0 Å². The molecule has 16 heavy (non-hydrogen) atoms. The fraction of sp³-hybridized carbons (Fsp3) is 0.143. The Balaban J connectivity index is 2.48. The van der Waals surface area contributed by atoms with Gasteiger partial charge >= 0.3 is 0 Å². The van der Waals surface area contributed by atoms with Crippen LogP contribution in [-0.2, 0) is 0 Å². The molecule has 0 aliphatic heterocycles. The molecule has 2 rings (SSSR count). The Kier molecular flexibility index (Phi) is 3.10. The molecule has 0 atom stereocenters. The van der Waals surface area contributed by atoms with Crippen molar-refractivity contribution in [1.29, 1.82) is 0 Å². The predicted octanol–water partition coefficient (Wildman–Crippen LogP) is 2.97. The average molecular weight is 212 g/mol. The molecule has 0 saturated heterocycles. The van der Waals surface area contributed by atoms with Gasteiger partial charge in [-0.05, 0) is 29.3 Å². The molecule has 0 fully saturated rings. The highest BCUT2D eigenvalue weighted by Crippen LogP contribution is 2.28. The van der Waals surface area contributed by atoms with Gasteiger partial charge in [-0.1, -0.05) is 24.3 Å². The Hall–Kier alpha value is -1.96. The van der Waals surface area contributed by atoms with Gasteiger partial charge in [0.1, 0.15) is 11.5 Å². The minimum absolute atomic E-state index is 0.669. The lowest BCUT2D eigenvalue weighted by Gasteiger charge is -2.07. The second kappa shape index (κ2) is 4.71. The summed E-state index contributed by atoms with van der Waals surface area (Å²) in [5.41, 5.74) is 2.14. The smallest absolute Gasteiger partial charge is 0.131 e. The molecule has 80 valence electrons. The standard InChI is InChI=1S/C14H12O2/c1-15-13-8-12(9-14(10-13)16-2)11-6-4-3-5-7-11/h4-9H,1-2H3. The van der Waals surface area contributed by atoms with Crippen molar-refractivity contribution < 1.29 is 9.47 Å². The second-order valence-corrected chi connectivity index (χ2v) is 3.29. The summed E-state index contributed by atoms with van der Waals surface area (Å²) >= 11 is 0. The fourth-order valence-corrected chi connectivity index (χ4v) is 1.48. The summed E-state index contributed by atoms with van der Waals surface area (Å²) < 4.78 is 10.4. The maximum atomic E-state index is 5.18. The third-order valence-electron chi connectivity index (χ3n) is 2.31. The van der Waals surface area contributed by atoms with Crippen molar-refractivity contribution in [2.75, 3.05) is 14.2 Å². The first kappa shape index (κ1) is 10.6. The van der Waals surface area contributed by atoms with Crippen LogP contribution in [0.4, 0.5) is 0 Å². The molecule has 0 saturated carbocycles. The van der Waals surface area contributed by atoms with E-state index in [0.717, 1.165) is 11.1 Å². The second-order valence-electron chi connectivity index (χ2n) is 3.29. The van der Waals surface area contributed by atoms with Crippen molar-refractivity contribution in [2.24, 2.45) is 0 Å². The van der Waals surface area contributed by atoms with E-state index in [0.29, 0.717) is 11.5 Å². The maximum Gasteiger partial charge on any atom is 0.131 e. The van der Waals surface area contributed by atoms with Gasteiger partial charge < -0.3 is 9.47 Å². The monoisotopic (exact) mass is 212 g/mol. The predicted molar refractivity (Wildman–Crippen MR) is 62.7 cm³/mol. The van der Waals surface area contributed by atoms with Crippen LogP contribution >= 0.6 is 0 Å². The fourth-order valence-electron chi connectivity index (χ4n) is 1.48. The molecule has 0 unspecified atom stereocenters. The van der Waals surface area contributed by atoms with Gasteiger partial charge in [-0.15, -0.1) is 0 Å². The van der Waals surface area contributed by atoms with Crippen molar-refractivity contribution in [3.63, 3.8) is 0 Å². The van der Waals surface area contributed by atoms with E-state index >= 15 is 0 Å². The summed E-state index contributed by atoms with van der Waals surface area (Å²) in [6.45, 7) is 0. The van der Waals surface area contributed by atoms with E-state index in [1.807, 2.05) is 36.4 Å². The molecule has 2 nitrogen and oxygen atoms in total. The molecule has 0 spiro atoms. The van der Waals surface area contributed by atoms with E-state index in [1.165, 1.54) is 0 Å². The first-order chi connectivity index (χ1) is 7.83. The molecule has 0 heterocycles. The highest BCUT2D eigenvalue weighted by atomic mass is 16.5. The van der Waals surface area contributed by atoms with Crippen molar-refractivity contribution in [2.45, 2.75) is 0 Å². The largest absolute Gasteiger partial charge is 0.496 e. The Bertz CT molecular complexity index is 441. The molecule has 2 heteroatoms. The van der Waals surface area contributed by atoms with E-state index in [2.05, 4.69) is 12.1 Å². The van der Waals surface area contributed by atoms with Gasteiger partial charge in [0.15, 0.2) is 0 Å². The first-order valence-electron chi connectivity index (χ1n) is 4.95. The molecular weight excluding hydrogens is 200 g/mol. The number of methoxy groups -OCH3 is 2. The molecule has 0 aliphatic carbocycles. The molecule has 0 aromatic heterocycles. The Labute approximate surface area is 95.4 Å². The van der Waals surface area contributed by atoms with Crippen LogP contribution in [0, 0.1) is 12.1 Å². The van der Waals surface area contributed by atoms with Crippen LogP contribution < -0.4 is 9.47 Å². The van der Waals surface area contributed by atoms with Gasteiger partial charge in [-0.3, -0.25) is 0 Å². The number of ether oxygens (including phenoxy) is 2. The summed E-state index contributed by atoms with van der Waals surface area (Å²) in [5.74, 6) is 1.34. The summed E-state index contributed by atoms with van der Waals surface area (Å²) in [6, 6.07) is 17.6. The van der Waals surface area contributed by atoms with E-state index in [1.54, 1.807) is 14.2 Å². The van der Waals surface area contributed by atoms with Gasteiger partial charge in [0.2, 0.25) is 0 Å².